The van der Waals surface area contributed by atoms with Crippen LogP contribution >= 0.6 is 0 Å². The third kappa shape index (κ3) is 3.91. The minimum Gasteiger partial charge on any atom is -0.465 e. The Morgan fingerprint density at radius 3 is 2.36 bits per heavy atom. The zero-order chi connectivity index (χ0) is 18.6. The third-order valence-electron chi connectivity index (χ3n) is 3.80. The van der Waals surface area contributed by atoms with Gasteiger partial charge in [-0.2, -0.15) is 0 Å². The number of carbonyl (C=O) groups excluding carboxylic acids is 1. The molecule has 0 aliphatic heterocycles. The van der Waals surface area contributed by atoms with Gasteiger partial charge in [0, 0.05) is 0 Å². The summed E-state index contributed by atoms with van der Waals surface area (Å²) >= 11 is 0. The summed E-state index contributed by atoms with van der Waals surface area (Å²) in [4.78, 5) is 12.0. The van der Waals surface area contributed by atoms with Crippen LogP contribution in [0.3, 0.4) is 0 Å². The maximum Gasteiger partial charge on any atom is 0.337 e. The number of nitrogens with zero attached hydrogens (tertiary/aromatic N) is 1. The first-order chi connectivity index (χ1) is 11.8. The second kappa shape index (κ2) is 7.53. The van der Waals surface area contributed by atoms with Crippen molar-refractivity contribution in [2.75, 3.05) is 18.0 Å². The van der Waals surface area contributed by atoms with E-state index in [1.165, 1.54) is 23.6 Å². The number of esters is 1. The molecule has 6 heteroatoms. The maximum atomic E-state index is 13.1. The lowest BCUT2D eigenvalue weighted by Gasteiger charge is -2.25. The van der Waals surface area contributed by atoms with Crippen LogP contribution in [0, 0.1) is 13.8 Å². The van der Waals surface area contributed by atoms with E-state index >= 15 is 0 Å². The third-order valence-corrected chi connectivity index (χ3v) is 5.60. The van der Waals surface area contributed by atoms with Crippen LogP contribution in [-0.4, -0.2) is 28.0 Å². The lowest BCUT2D eigenvalue weighted by molar-refractivity contribution is 0.0600. The van der Waals surface area contributed by atoms with Crippen molar-refractivity contribution in [3.63, 3.8) is 0 Å². The molecule has 0 saturated heterocycles. The van der Waals surface area contributed by atoms with Gasteiger partial charge in [-0.3, -0.25) is 4.31 Å². The van der Waals surface area contributed by atoms with Gasteiger partial charge in [0.2, 0.25) is 0 Å². The van der Waals surface area contributed by atoms with Crippen LogP contribution in [-0.2, 0) is 14.8 Å². The van der Waals surface area contributed by atoms with Gasteiger partial charge in [-0.15, -0.1) is 6.58 Å². The Labute approximate surface area is 148 Å². The molecule has 0 radical (unpaired) electrons. The van der Waals surface area contributed by atoms with Crippen molar-refractivity contribution in [2.45, 2.75) is 18.7 Å². The number of ether oxygens (including phenoxy) is 1. The number of aryl methyl sites for hydroxylation is 2. The van der Waals surface area contributed by atoms with E-state index in [2.05, 4.69) is 6.58 Å². The minimum atomic E-state index is -3.79. The van der Waals surface area contributed by atoms with Crippen molar-refractivity contribution in [1.29, 1.82) is 0 Å². The average Bonchev–Trinajstić information content (AvgIpc) is 2.60. The van der Waals surface area contributed by atoms with Gasteiger partial charge in [-0.1, -0.05) is 29.8 Å². The molecule has 132 valence electrons. The number of anilines is 1. The van der Waals surface area contributed by atoms with Gasteiger partial charge in [-0.25, -0.2) is 13.2 Å². The Hall–Kier alpha value is -2.60. The number of methoxy groups -OCH3 is 1. The molecular formula is C19H21NO4S. The van der Waals surface area contributed by atoms with Crippen LogP contribution in [0.5, 0.6) is 0 Å². The molecule has 0 amide bonds. The highest BCUT2D eigenvalue weighted by Crippen LogP contribution is 2.28. The van der Waals surface area contributed by atoms with E-state index in [0.717, 1.165) is 11.1 Å². The molecule has 0 bridgehead atoms. The SMILES string of the molecule is C=CCN(c1cc(C(=O)OC)ccc1C)S(=O)(=O)c1ccc(C)cc1. The van der Waals surface area contributed by atoms with Crippen LogP contribution in [0.15, 0.2) is 60.0 Å². The lowest BCUT2D eigenvalue weighted by atomic mass is 10.1. The van der Waals surface area contributed by atoms with E-state index in [1.807, 2.05) is 6.92 Å². The molecular weight excluding hydrogens is 338 g/mol. The number of hydrogen-bond donors (Lipinski definition) is 0. The molecule has 0 spiro atoms. The number of carbonyl (C=O) groups is 1. The van der Waals surface area contributed by atoms with Gasteiger partial charge in [0.15, 0.2) is 0 Å². The Morgan fingerprint density at radius 2 is 1.80 bits per heavy atom. The first kappa shape index (κ1) is 18.7. The van der Waals surface area contributed by atoms with E-state index in [4.69, 9.17) is 4.74 Å². The summed E-state index contributed by atoms with van der Waals surface area (Å²) in [5.41, 5.74) is 2.41. The summed E-state index contributed by atoms with van der Waals surface area (Å²) in [6.07, 6.45) is 1.51. The molecule has 0 fully saturated rings. The monoisotopic (exact) mass is 359 g/mol. The molecule has 0 aromatic heterocycles. The van der Waals surface area contributed by atoms with E-state index in [1.54, 1.807) is 43.3 Å². The molecule has 0 N–H and O–H groups in total. The summed E-state index contributed by atoms with van der Waals surface area (Å²) in [7, 11) is -2.51. The van der Waals surface area contributed by atoms with Crippen LogP contribution < -0.4 is 4.31 Å². The smallest absolute Gasteiger partial charge is 0.337 e. The molecule has 2 rings (SSSR count). The fourth-order valence-electron chi connectivity index (χ4n) is 2.40. The molecule has 0 atom stereocenters. The Bertz CT molecular complexity index is 886. The van der Waals surface area contributed by atoms with Gasteiger partial charge in [0.05, 0.1) is 29.8 Å². The van der Waals surface area contributed by atoms with Crippen molar-refractivity contribution >= 4 is 21.7 Å². The number of sulfonamides is 1. The Kier molecular flexibility index (Phi) is 5.64. The fourth-order valence-corrected chi connectivity index (χ4v) is 3.90. The highest BCUT2D eigenvalue weighted by molar-refractivity contribution is 7.92. The van der Waals surface area contributed by atoms with E-state index in [-0.39, 0.29) is 17.0 Å². The molecule has 0 aliphatic carbocycles. The number of hydrogen-bond acceptors (Lipinski definition) is 4. The van der Waals surface area contributed by atoms with Crippen molar-refractivity contribution in [3.05, 3.63) is 71.8 Å². The molecule has 5 nitrogen and oxygen atoms in total. The van der Waals surface area contributed by atoms with Gasteiger partial charge in [0.1, 0.15) is 0 Å². The van der Waals surface area contributed by atoms with Crippen molar-refractivity contribution in [1.82, 2.24) is 0 Å². The maximum absolute atomic E-state index is 13.1. The van der Waals surface area contributed by atoms with E-state index in [9.17, 15) is 13.2 Å². The molecule has 0 aliphatic rings. The number of benzene rings is 2. The normalized spacial score (nSPS) is 11.0. The number of rotatable bonds is 6. The molecule has 0 unspecified atom stereocenters. The quantitative estimate of drug-likeness (QED) is 0.585. The zero-order valence-corrected chi connectivity index (χ0v) is 15.3. The zero-order valence-electron chi connectivity index (χ0n) is 14.5. The van der Waals surface area contributed by atoms with Crippen LogP contribution in [0.1, 0.15) is 21.5 Å². The highest BCUT2D eigenvalue weighted by Gasteiger charge is 2.26. The lowest BCUT2D eigenvalue weighted by Crippen LogP contribution is -2.32. The molecule has 2 aromatic rings. The van der Waals surface area contributed by atoms with Crippen molar-refractivity contribution < 1.29 is 17.9 Å². The summed E-state index contributed by atoms with van der Waals surface area (Å²) in [5.74, 6) is -0.521. The summed E-state index contributed by atoms with van der Waals surface area (Å²) in [6.45, 7) is 7.42. The second-order valence-corrected chi connectivity index (χ2v) is 7.49. The van der Waals surface area contributed by atoms with Crippen LogP contribution in [0.2, 0.25) is 0 Å². The predicted octanol–water partition coefficient (Wildman–Crippen LogP) is 3.47. The largest absolute Gasteiger partial charge is 0.465 e. The highest BCUT2D eigenvalue weighted by atomic mass is 32.2. The van der Waals surface area contributed by atoms with Crippen molar-refractivity contribution in [3.8, 4) is 0 Å². The predicted molar refractivity (Wildman–Crippen MR) is 98.4 cm³/mol. The Morgan fingerprint density at radius 1 is 1.16 bits per heavy atom. The Balaban J connectivity index is 2.59. The molecule has 0 saturated carbocycles. The summed E-state index contributed by atoms with van der Waals surface area (Å²) < 4.78 is 32.2. The van der Waals surface area contributed by atoms with E-state index < -0.39 is 16.0 Å². The van der Waals surface area contributed by atoms with Gasteiger partial charge < -0.3 is 4.74 Å². The molecule has 0 heterocycles. The standard InChI is InChI=1S/C19H21NO4S/c1-5-12-20(25(22,23)17-10-6-14(2)7-11-17)18-13-16(19(21)24-4)9-8-15(18)3/h5-11,13H,1,12H2,2-4H3. The van der Waals surface area contributed by atoms with Crippen LogP contribution in [0.25, 0.3) is 0 Å². The summed E-state index contributed by atoms with van der Waals surface area (Å²) in [5, 5.41) is 0. The topological polar surface area (TPSA) is 63.7 Å². The second-order valence-electron chi connectivity index (χ2n) is 5.63. The first-order valence-electron chi connectivity index (χ1n) is 7.70. The summed E-state index contributed by atoms with van der Waals surface area (Å²) in [6, 6.07) is 11.5. The average molecular weight is 359 g/mol. The van der Waals surface area contributed by atoms with E-state index in [0.29, 0.717) is 5.69 Å². The van der Waals surface area contributed by atoms with Gasteiger partial charge in [0.25, 0.3) is 10.0 Å². The van der Waals surface area contributed by atoms with Gasteiger partial charge in [-0.05, 0) is 43.7 Å². The fraction of sp³-hybridized carbons (Fsp3) is 0.211. The van der Waals surface area contributed by atoms with Gasteiger partial charge >= 0.3 is 5.97 Å². The minimum absolute atomic E-state index is 0.0850. The van der Waals surface area contributed by atoms with Crippen LogP contribution in [0.4, 0.5) is 5.69 Å². The van der Waals surface area contributed by atoms with Crippen molar-refractivity contribution in [2.24, 2.45) is 0 Å². The first-order valence-corrected chi connectivity index (χ1v) is 9.14. The molecule has 25 heavy (non-hydrogen) atoms. The molecule has 2 aromatic carbocycles.